The first-order valence-electron chi connectivity index (χ1n) is 6.63. The van der Waals surface area contributed by atoms with Crippen molar-refractivity contribution in [1.29, 1.82) is 0 Å². The zero-order valence-electron chi connectivity index (χ0n) is 12.7. The molecule has 2 unspecified atom stereocenters. The Morgan fingerprint density at radius 3 is 2.41 bits per heavy atom. The molecule has 1 amide bonds. The molecule has 7 heteroatoms. The number of carbonyl (C=O) groups is 3. The first-order chi connectivity index (χ1) is 10.4. The SMILES string of the molecule is COC(=O)c1ccccc1NC(=O)CC(C(=O)O)C(C)OC. The summed E-state index contributed by atoms with van der Waals surface area (Å²) >= 11 is 0. The van der Waals surface area contributed by atoms with Gasteiger partial charge in [-0.1, -0.05) is 12.1 Å². The van der Waals surface area contributed by atoms with Crippen LogP contribution in [0, 0.1) is 5.92 Å². The van der Waals surface area contributed by atoms with Crippen LogP contribution in [0.3, 0.4) is 0 Å². The van der Waals surface area contributed by atoms with Crippen LogP contribution in [-0.2, 0) is 19.1 Å². The van der Waals surface area contributed by atoms with Gasteiger partial charge in [-0.3, -0.25) is 9.59 Å². The van der Waals surface area contributed by atoms with E-state index in [1.807, 2.05) is 0 Å². The van der Waals surface area contributed by atoms with Crippen molar-refractivity contribution >= 4 is 23.5 Å². The van der Waals surface area contributed by atoms with Gasteiger partial charge in [-0.15, -0.1) is 0 Å². The van der Waals surface area contributed by atoms with Gasteiger partial charge in [0.2, 0.25) is 5.91 Å². The first kappa shape index (κ1) is 17.6. The lowest BCUT2D eigenvalue weighted by Gasteiger charge is -2.18. The molecule has 0 aliphatic rings. The molecular formula is C15H19NO6. The standard InChI is InChI=1S/C15H19NO6/c1-9(21-2)11(14(18)19)8-13(17)16-12-7-5-4-6-10(12)15(20)22-3/h4-7,9,11H,8H2,1-3H3,(H,16,17)(H,18,19). The second kappa shape index (κ2) is 8.14. The summed E-state index contributed by atoms with van der Waals surface area (Å²) in [6.45, 7) is 1.58. The quantitative estimate of drug-likeness (QED) is 0.741. The van der Waals surface area contributed by atoms with Gasteiger partial charge < -0.3 is 19.9 Å². The minimum absolute atomic E-state index is 0.199. The number of amides is 1. The Labute approximate surface area is 128 Å². The highest BCUT2D eigenvalue weighted by molar-refractivity contribution is 6.01. The van der Waals surface area contributed by atoms with Crippen LogP contribution in [0.2, 0.25) is 0 Å². The van der Waals surface area contributed by atoms with E-state index in [9.17, 15) is 14.4 Å². The number of aliphatic carboxylic acids is 1. The van der Waals surface area contributed by atoms with E-state index < -0.39 is 29.9 Å². The molecule has 0 bridgehead atoms. The average molecular weight is 309 g/mol. The minimum atomic E-state index is -1.12. The second-order valence-corrected chi connectivity index (χ2v) is 4.68. The number of carboxylic acids is 1. The second-order valence-electron chi connectivity index (χ2n) is 4.68. The zero-order chi connectivity index (χ0) is 16.7. The Bertz CT molecular complexity index is 557. The molecule has 0 heterocycles. The van der Waals surface area contributed by atoms with Crippen molar-refractivity contribution in [2.24, 2.45) is 5.92 Å². The molecule has 2 N–H and O–H groups in total. The van der Waals surface area contributed by atoms with E-state index in [1.54, 1.807) is 25.1 Å². The molecule has 120 valence electrons. The summed E-state index contributed by atoms with van der Waals surface area (Å²) < 4.78 is 9.60. The molecule has 7 nitrogen and oxygen atoms in total. The number of methoxy groups -OCH3 is 2. The molecule has 0 radical (unpaired) electrons. The molecule has 0 saturated heterocycles. The average Bonchev–Trinajstić information content (AvgIpc) is 2.51. The molecule has 0 aromatic heterocycles. The van der Waals surface area contributed by atoms with Crippen molar-refractivity contribution in [1.82, 2.24) is 0 Å². The monoisotopic (exact) mass is 309 g/mol. The lowest BCUT2D eigenvalue weighted by atomic mass is 9.99. The van der Waals surface area contributed by atoms with Crippen LogP contribution in [0.25, 0.3) is 0 Å². The maximum atomic E-state index is 12.0. The summed E-state index contributed by atoms with van der Waals surface area (Å²) in [6, 6.07) is 6.33. The van der Waals surface area contributed by atoms with Crippen LogP contribution in [0.1, 0.15) is 23.7 Å². The summed E-state index contributed by atoms with van der Waals surface area (Å²) in [4.78, 5) is 34.8. The lowest BCUT2D eigenvalue weighted by Crippen LogP contribution is -2.31. The van der Waals surface area contributed by atoms with Gasteiger partial charge in [-0.05, 0) is 19.1 Å². The highest BCUT2D eigenvalue weighted by Crippen LogP contribution is 2.18. The number of nitrogens with one attached hydrogen (secondary N) is 1. The molecule has 0 aliphatic carbocycles. The number of para-hydroxylation sites is 1. The van der Waals surface area contributed by atoms with Crippen LogP contribution in [-0.4, -0.2) is 43.3 Å². The maximum Gasteiger partial charge on any atom is 0.339 e. The molecular weight excluding hydrogens is 290 g/mol. The van der Waals surface area contributed by atoms with Gasteiger partial charge in [0, 0.05) is 13.5 Å². The Morgan fingerprint density at radius 2 is 1.86 bits per heavy atom. The molecule has 1 aromatic rings. The number of hydrogen-bond donors (Lipinski definition) is 2. The van der Waals surface area contributed by atoms with E-state index in [4.69, 9.17) is 9.84 Å². The van der Waals surface area contributed by atoms with E-state index in [0.29, 0.717) is 0 Å². The topological polar surface area (TPSA) is 102 Å². The summed E-state index contributed by atoms with van der Waals surface area (Å²) in [5, 5.41) is 11.7. The van der Waals surface area contributed by atoms with Crippen molar-refractivity contribution in [2.75, 3.05) is 19.5 Å². The number of hydrogen-bond acceptors (Lipinski definition) is 5. The van der Waals surface area contributed by atoms with Gasteiger partial charge in [-0.25, -0.2) is 4.79 Å². The Kier molecular flexibility index (Phi) is 6.52. The van der Waals surface area contributed by atoms with Crippen molar-refractivity contribution in [3.8, 4) is 0 Å². The number of carboxylic acid groups (broad SMARTS) is 1. The number of anilines is 1. The fourth-order valence-corrected chi connectivity index (χ4v) is 1.90. The van der Waals surface area contributed by atoms with Crippen molar-refractivity contribution in [2.45, 2.75) is 19.4 Å². The maximum absolute atomic E-state index is 12.0. The number of rotatable bonds is 7. The number of esters is 1. The Morgan fingerprint density at radius 1 is 1.23 bits per heavy atom. The molecule has 0 aliphatic heterocycles. The van der Waals surface area contributed by atoms with Crippen LogP contribution in [0.5, 0.6) is 0 Å². The normalized spacial score (nSPS) is 13.0. The third-order valence-corrected chi connectivity index (χ3v) is 3.27. The number of ether oxygens (including phenoxy) is 2. The van der Waals surface area contributed by atoms with E-state index in [0.717, 1.165) is 0 Å². The van der Waals surface area contributed by atoms with E-state index in [2.05, 4.69) is 10.1 Å². The Balaban J connectivity index is 2.85. The smallest absolute Gasteiger partial charge is 0.339 e. The van der Waals surface area contributed by atoms with E-state index in [1.165, 1.54) is 20.3 Å². The van der Waals surface area contributed by atoms with Crippen molar-refractivity contribution in [3.05, 3.63) is 29.8 Å². The third kappa shape index (κ3) is 4.56. The van der Waals surface area contributed by atoms with Crippen LogP contribution in [0.15, 0.2) is 24.3 Å². The number of benzene rings is 1. The van der Waals surface area contributed by atoms with Crippen molar-refractivity contribution < 1.29 is 29.0 Å². The minimum Gasteiger partial charge on any atom is -0.481 e. The molecule has 0 saturated carbocycles. The fraction of sp³-hybridized carbons (Fsp3) is 0.400. The third-order valence-electron chi connectivity index (χ3n) is 3.27. The summed E-state index contributed by atoms with van der Waals surface area (Å²) in [7, 11) is 2.62. The van der Waals surface area contributed by atoms with E-state index >= 15 is 0 Å². The number of carbonyl (C=O) groups excluding carboxylic acids is 2. The predicted octanol–water partition coefficient (Wildman–Crippen LogP) is 1.54. The zero-order valence-corrected chi connectivity index (χ0v) is 12.7. The van der Waals surface area contributed by atoms with E-state index in [-0.39, 0.29) is 17.7 Å². The molecule has 0 spiro atoms. The largest absolute Gasteiger partial charge is 0.481 e. The molecule has 1 rings (SSSR count). The summed E-state index contributed by atoms with van der Waals surface area (Å²) in [5.41, 5.74) is 0.471. The van der Waals surface area contributed by atoms with Gasteiger partial charge in [0.15, 0.2) is 0 Å². The van der Waals surface area contributed by atoms with Crippen molar-refractivity contribution in [3.63, 3.8) is 0 Å². The van der Waals surface area contributed by atoms with Gasteiger partial charge in [0.1, 0.15) is 0 Å². The van der Waals surface area contributed by atoms with Crippen LogP contribution in [0.4, 0.5) is 5.69 Å². The molecule has 22 heavy (non-hydrogen) atoms. The fourth-order valence-electron chi connectivity index (χ4n) is 1.90. The highest BCUT2D eigenvalue weighted by Gasteiger charge is 2.28. The molecule has 0 fully saturated rings. The van der Waals surface area contributed by atoms with Gasteiger partial charge in [-0.2, -0.15) is 0 Å². The van der Waals surface area contributed by atoms with Gasteiger partial charge in [0.05, 0.1) is 30.4 Å². The van der Waals surface area contributed by atoms with Gasteiger partial charge >= 0.3 is 11.9 Å². The first-order valence-corrected chi connectivity index (χ1v) is 6.63. The predicted molar refractivity (Wildman–Crippen MR) is 78.6 cm³/mol. The summed E-state index contributed by atoms with van der Waals surface area (Å²) in [6.07, 6.45) is -0.876. The van der Waals surface area contributed by atoms with Gasteiger partial charge in [0.25, 0.3) is 0 Å². The van der Waals surface area contributed by atoms with Crippen LogP contribution < -0.4 is 5.32 Å². The lowest BCUT2D eigenvalue weighted by molar-refractivity contribution is -0.148. The Hall–Kier alpha value is -2.41. The van der Waals surface area contributed by atoms with Crippen LogP contribution >= 0.6 is 0 Å². The summed E-state index contributed by atoms with van der Waals surface area (Å²) in [5.74, 6) is -3.20. The molecule has 2 atom stereocenters. The highest BCUT2D eigenvalue weighted by atomic mass is 16.5. The molecule has 1 aromatic carbocycles.